The minimum absolute atomic E-state index is 0.155. The van der Waals surface area contributed by atoms with Crippen LogP contribution in [0.2, 0.25) is 0 Å². The third kappa shape index (κ3) is 2.27. The van der Waals surface area contributed by atoms with Crippen molar-refractivity contribution in [3.05, 3.63) is 35.6 Å². The Morgan fingerprint density at radius 1 is 1.25 bits per heavy atom. The van der Waals surface area contributed by atoms with E-state index in [-0.39, 0.29) is 5.82 Å². The van der Waals surface area contributed by atoms with E-state index in [9.17, 15) is 4.39 Å². The number of nitrogens with one attached hydrogen (secondary N) is 1. The number of halogens is 1. The molecule has 2 heteroatoms. The minimum Gasteiger partial charge on any atom is -0.313 e. The molecule has 0 saturated heterocycles. The van der Waals surface area contributed by atoms with E-state index in [2.05, 4.69) is 12.2 Å². The lowest BCUT2D eigenvalue weighted by Crippen LogP contribution is -2.26. The molecule has 0 bridgehead atoms. The first kappa shape index (κ1) is 11.6. The Balaban J connectivity index is 2.18. The summed E-state index contributed by atoms with van der Waals surface area (Å²) in [4.78, 5) is 0. The highest BCUT2D eigenvalue weighted by Gasteiger charge is 2.30. The Labute approximate surface area is 97.1 Å². The molecule has 1 fully saturated rings. The van der Waals surface area contributed by atoms with Gasteiger partial charge in [-0.1, -0.05) is 31.9 Å². The van der Waals surface area contributed by atoms with E-state index >= 15 is 0 Å². The van der Waals surface area contributed by atoms with Crippen molar-refractivity contribution in [3.8, 4) is 0 Å². The van der Waals surface area contributed by atoms with Crippen LogP contribution >= 0.6 is 0 Å². The van der Waals surface area contributed by atoms with Crippen molar-refractivity contribution in [2.45, 2.75) is 32.2 Å². The van der Waals surface area contributed by atoms with E-state index in [1.807, 2.05) is 19.2 Å². The molecular weight excluding hydrogens is 201 g/mol. The van der Waals surface area contributed by atoms with Crippen LogP contribution in [-0.2, 0) is 0 Å². The number of hydrogen-bond donors (Lipinski definition) is 1. The van der Waals surface area contributed by atoms with E-state index in [1.54, 1.807) is 12.1 Å². The maximum absolute atomic E-state index is 12.9. The lowest BCUT2D eigenvalue weighted by atomic mass is 9.86. The summed E-state index contributed by atoms with van der Waals surface area (Å²) in [5, 5.41) is 3.39. The van der Waals surface area contributed by atoms with Gasteiger partial charge in [0.05, 0.1) is 0 Å². The van der Waals surface area contributed by atoms with Crippen LogP contribution in [0.25, 0.3) is 0 Å². The van der Waals surface area contributed by atoms with E-state index in [0.29, 0.717) is 12.0 Å². The molecule has 0 amide bonds. The Hall–Kier alpha value is -0.890. The van der Waals surface area contributed by atoms with Crippen LogP contribution < -0.4 is 5.32 Å². The zero-order valence-electron chi connectivity index (χ0n) is 10.0. The van der Waals surface area contributed by atoms with Gasteiger partial charge in [-0.05, 0) is 43.0 Å². The lowest BCUT2D eigenvalue weighted by Gasteiger charge is -2.27. The van der Waals surface area contributed by atoms with Crippen molar-refractivity contribution in [1.82, 2.24) is 5.32 Å². The second kappa shape index (κ2) is 4.96. The molecule has 16 heavy (non-hydrogen) atoms. The van der Waals surface area contributed by atoms with Gasteiger partial charge in [0.2, 0.25) is 0 Å². The molecule has 3 unspecified atom stereocenters. The normalized spacial score (nSPS) is 26.9. The Kier molecular flexibility index (Phi) is 3.59. The van der Waals surface area contributed by atoms with Crippen molar-refractivity contribution >= 4 is 0 Å². The third-order valence-corrected chi connectivity index (χ3v) is 3.90. The van der Waals surface area contributed by atoms with Crippen LogP contribution in [0.5, 0.6) is 0 Å². The fourth-order valence-corrected chi connectivity index (χ4v) is 2.97. The Morgan fingerprint density at radius 2 is 1.94 bits per heavy atom. The highest BCUT2D eigenvalue weighted by Crippen LogP contribution is 2.39. The van der Waals surface area contributed by atoms with Gasteiger partial charge in [0.25, 0.3) is 0 Å². The maximum Gasteiger partial charge on any atom is 0.123 e. The monoisotopic (exact) mass is 221 g/mol. The van der Waals surface area contributed by atoms with Gasteiger partial charge in [-0.3, -0.25) is 0 Å². The highest BCUT2D eigenvalue weighted by atomic mass is 19.1. The predicted molar refractivity (Wildman–Crippen MR) is 64.7 cm³/mol. The zero-order valence-corrected chi connectivity index (χ0v) is 10.0. The predicted octanol–water partition coefficient (Wildman–Crippen LogP) is 3.52. The summed E-state index contributed by atoms with van der Waals surface area (Å²) in [7, 11) is 2.00. The topological polar surface area (TPSA) is 12.0 Å². The maximum atomic E-state index is 12.9. The summed E-state index contributed by atoms with van der Waals surface area (Å²) in [5.74, 6) is 1.30. The second-order valence-corrected chi connectivity index (χ2v) is 4.89. The molecule has 0 spiro atoms. The van der Waals surface area contributed by atoms with Crippen LogP contribution in [0.1, 0.15) is 37.8 Å². The molecule has 1 aromatic carbocycles. The molecule has 3 atom stereocenters. The molecule has 1 aromatic rings. The fourth-order valence-electron chi connectivity index (χ4n) is 2.97. The summed E-state index contributed by atoms with van der Waals surface area (Å²) in [6.45, 7) is 2.32. The largest absolute Gasteiger partial charge is 0.313 e. The molecule has 1 nitrogen and oxygen atoms in total. The van der Waals surface area contributed by atoms with Crippen LogP contribution in [0.15, 0.2) is 24.3 Å². The van der Waals surface area contributed by atoms with Crippen molar-refractivity contribution < 1.29 is 4.39 Å². The zero-order chi connectivity index (χ0) is 11.5. The van der Waals surface area contributed by atoms with Crippen LogP contribution in [0.4, 0.5) is 4.39 Å². The minimum atomic E-state index is -0.155. The van der Waals surface area contributed by atoms with Crippen LogP contribution in [0.3, 0.4) is 0 Å². The van der Waals surface area contributed by atoms with Gasteiger partial charge < -0.3 is 5.32 Å². The summed E-state index contributed by atoms with van der Waals surface area (Å²) in [6, 6.07) is 7.29. The molecule has 0 heterocycles. The summed E-state index contributed by atoms with van der Waals surface area (Å²) >= 11 is 0. The first-order valence-electron chi connectivity index (χ1n) is 6.15. The summed E-state index contributed by atoms with van der Waals surface area (Å²) in [5.41, 5.74) is 1.21. The Morgan fingerprint density at radius 3 is 2.44 bits per heavy atom. The van der Waals surface area contributed by atoms with E-state index in [0.717, 1.165) is 5.92 Å². The molecule has 1 saturated carbocycles. The van der Waals surface area contributed by atoms with Crippen molar-refractivity contribution in [1.29, 1.82) is 0 Å². The van der Waals surface area contributed by atoms with Crippen LogP contribution in [-0.4, -0.2) is 7.05 Å². The van der Waals surface area contributed by atoms with E-state index in [4.69, 9.17) is 0 Å². The van der Waals surface area contributed by atoms with Crippen molar-refractivity contribution in [2.75, 3.05) is 7.05 Å². The molecule has 0 radical (unpaired) electrons. The first-order chi connectivity index (χ1) is 7.72. The van der Waals surface area contributed by atoms with Crippen molar-refractivity contribution in [2.24, 2.45) is 11.8 Å². The van der Waals surface area contributed by atoms with Gasteiger partial charge in [0.1, 0.15) is 5.82 Å². The molecule has 0 aliphatic heterocycles. The van der Waals surface area contributed by atoms with E-state index < -0.39 is 0 Å². The summed E-state index contributed by atoms with van der Waals surface area (Å²) in [6.07, 6.45) is 3.93. The van der Waals surface area contributed by atoms with Gasteiger partial charge in [-0.15, -0.1) is 0 Å². The second-order valence-electron chi connectivity index (χ2n) is 4.89. The SMILES string of the molecule is CNC(c1ccc(F)cc1)C1CCCC1C. The summed E-state index contributed by atoms with van der Waals surface area (Å²) < 4.78 is 12.9. The fraction of sp³-hybridized carbons (Fsp3) is 0.571. The molecule has 1 aliphatic rings. The van der Waals surface area contributed by atoms with Gasteiger partial charge in [-0.25, -0.2) is 4.39 Å². The average molecular weight is 221 g/mol. The molecule has 0 aromatic heterocycles. The third-order valence-electron chi connectivity index (χ3n) is 3.90. The van der Waals surface area contributed by atoms with Gasteiger partial charge in [0.15, 0.2) is 0 Å². The first-order valence-corrected chi connectivity index (χ1v) is 6.15. The standard InChI is InChI=1S/C14H20FN/c1-10-4-3-5-13(10)14(16-2)11-6-8-12(15)9-7-11/h6-10,13-14,16H,3-5H2,1-2H3. The molecule has 88 valence electrons. The van der Waals surface area contributed by atoms with Crippen LogP contribution in [0, 0.1) is 17.7 Å². The van der Waals surface area contributed by atoms with E-state index in [1.165, 1.54) is 24.8 Å². The van der Waals surface area contributed by atoms with Gasteiger partial charge in [0, 0.05) is 6.04 Å². The van der Waals surface area contributed by atoms with Crippen molar-refractivity contribution in [3.63, 3.8) is 0 Å². The molecule has 1 N–H and O–H groups in total. The highest BCUT2D eigenvalue weighted by molar-refractivity contribution is 5.21. The van der Waals surface area contributed by atoms with Gasteiger partial charge in [-0.2, -0.15) is 0 Å². The smallest absolute Gasteiger partial charge is 0.123 e. The number of hydrogen-bond acceptors (Lipinski definition) is 1. The quantitative estimate of drug-likeness (QED) is 0.823. The number of benzene rings is 1. The number of rotatable bonds is 3. The molecule has 1 aliphatic carbocycles. The lowest BCUT2D eigenvalue weighted by molar-refractivity contribution is 0.315. The molecule has 2 rings (SSSR count). The molecular formula is C14H20FN. The Bertz CT molecular complexity index is 333. The average Bonchev–Trinajstić information content (AvgIpc) is 2.69. The van der Waals surface area contributed by atoms with Gasteiger partial charge >= 0.3 is 0 Å².